The third-order valence-electron chi connectivity index (χ3n) is 2.57. The van der Waals surface area contributed by atoms with Gasteiger partial charge in [-0.25, -0.2) is 4.68 Å². The molecule has 1 aromatic heterocycles. The molecule has 0 saturated heterocycles. The van der Waals surface area contributed by atoms with Crippen LogP contribution in [0.5, 0.6) is 0 Å². The summed E-state index contributed by atoms with van der Waals surface area (Å²) in [6.45, 7) is 3.91. The molecule has 0 saturated carbocycles. The van der Waals surface area contributed by atoms with Crippen molar-refractivity contribution in [2.75, 3.05) is 11.6 Å². The number of hydrogen-bond donors (Lipinski definition) is 1. The van der Waals surface area contributed by atoms with Gasteiger partial charge in [0.1, 0.15) is 6.33 Å². The number of aromatic nitrogens is 3. The SMILES string of the molecule is Cc1ccc(C)c(C(=O)CSc2nncn2N)c1. The van der Waals surface area contributed by atoms with Gasteiger partial charge >= 0.3 is 0 Å². The van der Waals surface area contributed by atoms with Crippen LogP contribution in [0.3, 0.4) is 0 Å². The normalized spacial score (nSPS) is 10.6. The van der Waals surface area contributed by atoms with Gasteiger partial charge in [0, 0.05) is 5.56 Å². The second kappa shape index (κ2) is 5.22. The number of nitrogen functional groups attached to an aromatic ring is 1. The van der Waals surface area contributed by atoms with Gasteiger partial charge in [0.15, 0.2) is 5.78 Å². The highest BCUT2D eigenvalue weighted by atomic mass is 32.2. The molecule has 0 spiro atoms. The van der Waals surface area contributed by atoms with Gasteiger partial charge in [-0.1, -0.05) is 29.5 Å². The van der Waals surface area contributed by atoms with Crippen molar-refractivity contribution in [1.29, 1.82) is 0 Å². The molecule has 0 unspecified atom stereocenters. The molecular formula is C12H14N4OS. The maximum Gasteiger partial charge on any atom is 0.209 e. The van der Waals surface area contributed by atoms with E-state index in [4.69, 9.17) is 5.84 Å². The van der Waals surface area contributed by atoms with Crippen LogP contribution in [0.25, 0.3) is 0 Å². The van der Waals surface area contributed by atoms with Crippen LogP contribution in [-0.4, -0.2) is 26.4 Å². The van der Waals surface area contributed by atoms with Crippen molar-refractivity contribution in [3.05, 3.63) is 41.2 Å². The summed E-state index contributed by atoms with van der Waals surface area (Å²) in [5.74, 6) is 5.96. The lowest BCUT2D eigenvalue weighted by Gasteiger charge is -2.05. The van der Waals surface area contributed by atoms with Crippen LogP contribution in [0.1, 0.15) is 21.5 Å². The van der Waals surface area contributed by atoms with E-state index in [0.717, 1.165) is 16.7 Å². The summed E-state index contributed by atoms with van der Waals surface area (Å²) in [5, 5.41) is 8.02. The highest BCUT2D eigenvalue weighted by Gasteiger charge is 2.12. The largest absolute Gasteiger partial charge is 0.336 e. The van der Waals surface area contributed by atoms with E-state index in [2.05, 4.69) is 10.2 Å². The van der Waals surface area contributed by atoms with Crippen LogP contribution in [0.15, 0.2) is 29.7 Å². The summed E-state index contributed by atoms with van der Waals surface area (Å²) in [6, 6.07) is 5.86. The number of ketones is 1. The molecule has 2 N–H and O–H groups in total. The Morgan fingerprint density at radius 3 is 2.89 bits per heavy atom. The molecule has 0 aliphatic rings. The number of Topliss-reactive ketones (excluding diaryl/α,β-unsaturated/α-hetero) is 1. The number of thioether (sulfide) groups is 1. The van der Waals surface area contributed by atoms with E-state index in [1.165, 1.54) is 22.8 Å². The first-order valence-corrected chi connectivity index (χ1v) is 6.45. The lowest BCUT2D eigenvalue weighted by Crippen LogP contribution is -2.10. The first kappa shape index (κ1) is 12.6. The van der Waals surface area contributed by atoms with Crippen LogP contribution in [0.2, 0.25) is 0 Å². The molecule has 0 amide bonds. The maximum absolute atomic E-state index is 12.1. The van der Waals surface area contributed by atoms with Crippen LogP contribution in [0, 0.1) is 13.8 Å². The summed E-state index contributed by atoms with van der Waals surface area (Å²) in [7, 11) is 0. The monoisotopic (exact) mass is 262 g/mol. The van der Waals surface area contributed by atoms with Gasteiger partial charge in [0.05, 0.1) is 5.75 Å². The molecule has 0 aliphatic heterocycles. The maximum atomic E-state index is 12.1. The Labute approximate surface area is 109 Å². The molecule has 1 heterocycles. The number of benzene rings is 1. The molecule has 0 atom stereocenters. The number of carbonyl (C=O) groups excluding carboxylic acids is 1. The smallest absolute Gasteiger partial charge is 0.209 e. The van der Waals surface area contributed by atoms with E-state index in [0.29, 0.717) is 10.9 Å². The summed E-state index contributed by atoms with van der Waals surface area (Å²) in [6.07, 6.45) is 1.41. The molecule has 0 aliphatic carbocycles. The quantitative estimate of drug-likeness (QED) is 0.514. The van der Waals surface area contributed by atoms with E-state index in [-0.39, 0.29) is 5.78 Å². The number of nitrogens with zero attached hydrogens (tertiary/aromatic N) is 3. The van der Waals surface area contributed by atoms with Gasteiger partial charge in [-0.05, 0) is 25.5 Å². The van der Waals surface area contributed by atoms with Gasteiger partial charge < -0.3 is 5.84 Å². The third-order valence-corrected chi connectivity index (χ3v) is 3.52. The van der Waals surface area contributed by atoms with Crippen molar-refractivity contribution < 1.29 is 4.79 Å². The van der Waals surface area contributed by atoms with Crippen LogP contribution in [0.4, 0.5) is 0 Å². The predicted octanol–water partition coefficient (Wildman–Crippen LogP) is 1.58. The Morgan fingerprint density at radius 2 is 2.22 bits per heavy atom. The zero-order chi connectivity index (χ0) is 13.1. The van der Waals surface area contributed by atoms with Gasteiger partial charge in [-0.3, -0.25) is 4.79 Å². The Kier molecular flexibility index (Phi) is 3.66. The number of carbonyl (C=O) groups is 1. The van der Waals surface area contributed by atoms with Crippen molar-refractivity contribution in [3.63, 3.8) is 0 Å². The average Bonchev–Trinajstić information content (AvgIpc) is 2.75. The molecule has 94 valence electrons. The van der Waals surface area contributed by atoms with Crippen molar-refractivity contribution in [1.82, 2.24) is 14.9 Å². The molecule has 5 nitrogen and oxygen atoms in total. The highest BCUT2D eigenvalue weighted by Crippen LogP contribution is 2.17. The summed E-state index contributed by atoms with van der Waals surface area (Å²) < 4.78 is 1.31. The highest BCUT2D eigenvalue weighted by molar-refractivity contribution is 7.99. The molecule has 0 fully saturated rings. The Hall–Kier alpha value is -1.82. The minimum atomic E-state index is 0.0733. The molecule has 18 heavy (non-hydrogen) atoms. The lowest BCUT2D eigenvalue weighted by molar-refractivity contribution is 0.102. The van der Waals surface area contributed by atoms with Crippen molar-refractivity contribution in [2.45, 2.75) is 19.0 Å². The van der Waals surface area contributed by atoms with Crippen LogP contribution < -0.4 is 5.84 Å². The second-order valence-electron chi connectivity index (χ2n) is 4.05. The lowest BCUT2D eigenvalue weighted by atomic mass is 10.0. The number of rotatable bonds is 4. The molecule has 0 radical (unpaired) electrons. The molecule has 2 rings (SSSR count). The zero-order valence-electron chi connectivity index (χ0n) is 10.3. The third kappa shape index (κ3) is 2.70. The minimum Gasteiger partial charge on any atom is -0.336 e. The Morgan fingerprint density at radius 1 is 1.44 bits per heavy atom. The van der Waals surface area contributed by atoms with E-state index >= 15 is 0 Å². The summed E-state index contributed by atoms with van der Waals surface area (Å²) >= 11 is 1.29. The fraction of sp³-hybridized carbons (Fsp3) is 0.250. The van der Waals surface area contributed by atoms with Crippen molar-refractivity contribution in [2.24, 2.45) is 0 Å². The number of hydrogen-bond acceptors (Lipinski definition) is 5. The fourth-order valence-electron chi connectivity index (χ4n) is 1.58. The zero-order valence-corrected chi connectivity index (χ0v) is 11.1. The first-order chi connectivity index (χ1) is 8.58. The fourth-order valence-corrected chi connectivity index (χ4v) is 2.30. The van der Waals surface area contributed by atoms with Gasteiger partial charge in [-0.2, -0.15) is 0 Å². The number of nitrogens with two attached hydrogens (primary N) is 1. The van der Waals surface area contributed by atoms with Gasteiger partial charge in [-0.15, -0.1) is 10.2 Å². The topological polar surface area (TPSA) is 73.8 Å². The number of aryl methyl sites for hydroxylation is 2. The average molecular weight is 262 g/mol. The molecule has 2 aromatic rings. The van der Waals surface area contributed by atoms with Gasteiger partial charge in [0.25, 0.3) is 0 Å². The van der Waals surface area contributed by atoms with Gasteiger partial charge in [0.2, 0.25) is 5.16 Å². The molecule has 6 heteroatoms. The van der Waals surface area contributed by atoms with Crippen LogP contribution in [-0.2, 0) is 0 Å². The van der Waals surface area contributed by atoms with Crippen molar-refractivity contribution >= 4 is 17.5 Å². The van der Waals surface area contributed by atoms with Crippen molar-refractivity contribution in [3.8, 4) is 0 Å². The first-order valence-electron chi connectivity index (χ1n) is 5.46. The van der Waals surface area contributed by atoms with E-state index in [1.54, 1.807) is 0 Å². The summed E-state index contributed by atoms with van der Waals surface area (Å²) in [5.41, 5.74) is 2.82. The standard InChI is InChI=1S/C12H14N4OS/c1-8-3-4-9(2)10(5-8)11(17)6-18-12-15-14-7-16(12)13/h3-5,7H,6,13H2,1-2H3. The van der Waals surface area contributed by atoms with E-state index in [9.17, 15) is 4.79 Å². The second-order valence-corrected chi connectivity index (χ2v) is 4.99. The molecule has 1 aromatic carbocycles. The van der Waals surface area contributed by atoms with E-state index < -0.39 is 0 Å². The predicted molar refractivity (Wildman–Crippen MR) is 71.1 cm³/mol. The Balaban J connectivity index is 2.08. The van der Waals surface area contributed by atoms with Crippen LogP contribution >= 0.6 is 11.8 Å². The Bertz CT molecular complexity index is 579. The molecular weight excluding hydrogens is 248 g/mol. The summed E-state index contributed by atoms with van der Waals surface area (Å²) in [4.78, 5) is 12.1. The van der Waals surface area contributed by atoms with E-state index in [1.807, 2.05) is 32.0 Å². The minimum absolute atomic E-state index is 0.0733. The molecule has 0 bridgehead atoms.